The van der Waals surface area contributed by atoms with Gasteiger partial charge in [0, 0.05) is 43.7 Å². The lowest BCUT2D eigenvalue weighted by Crippen LogP contribution is -2.55. The van der Waals surface area contributed by atoms with Gasteiger partial charge in [0.2, 0.25) is 5.91 Å². The molecule has 1 saturated carbocycles. The lowest BCUT2D eigenvalue weighted by Gasteiger charge is -2.48. The van der Waals surface area contributed by atoms with E-state index in [0.29, 0.717) is 30.5 Å². The Morgan fingerprint density at radius 1 is 1.14 bits per heavy atom. The number of halogens is 1. The molecule has 200 valence electrons. The molecule has 1 aromatic heterocycles. The monoisotopic (exact) mass is 525 g/mol. The molecule has 2 aromatic rings. The van der Waals surface area contributed by atoms with Crippen LogP contribution in [0.15, 0.2) is 41.9 Å². The van der Waals surface area contributed by atoms with Crippen molar-refractivity contribution in [2.45, 2.75) is 76.4 Å². The number of benzene rings is 1. The normalized spacial score (nSPS) is 24.0. The Morgan fingerprint density at radius 3 is 2.46 bits per heavy atom. The summed E-state index contributed by atoms with van der Waals surface area (Å²) in [6.07, 6.45) is 12.9. The van der Waals surface area contributed by atoms with Gasteiger partial charge in [-0.2, -0.15) is 5.10 Å². The highest BCUT2D eigenvalue weighted by molar-refractivity contribution is 6.30. The Morgan fingerprint density at radius 2 is 1.86 bits per heavy atom. The molecule has 9 heteroatoms. The topological polar surface area (TPSA) is 89.7 Å². The predicted octanol–water partition coefficient (Wildman–Crippen LogP) is 3.19. The van der Waals surface area contributed by atoms with Gasteiger partial charge in [0.25, 0.3) is 0 Å². The summed E-state index contributed by atoms with van der Waals surface area (Å²) in [5.74, 6) is 0.428. The highest BCUT2D eigenvalue weighted by Crippen LogP contribution is 2.47. The van der Waals surface area contributed by atoms with Crippen LogP contribution >= 0.6 is 11.6 Å². The van der Waals surface area contributed by atoms with E-state index < -0.39 is 6.04 Å². The van der Waals surface area contributed by atoms with Gasteiger partial charge in [0.15, 0.2) is 0 Å². The average molecular weight is 526 g/mol. The fourth-order valence-electron chi connectivity index (χ4n) is 6.53. The number of amides is 1. The number of carbonyl (C=O) groups excluding carboxylic acids is 1. The highest BCUT2D eigenvalue weighted by Gasteiger charge is 2.43. The Labute approximate surface area is 224 Å². The summed E-state index contributed by atoms with van der Waals surface area (Å²) in [7, 11) is 1.93. The Kier molecular flexibility index (Phi) is 8.15. The summed E-state index contributed by atoms with van der Waals surface area (Å²) in [5.41, 5.74) is 1.08. The van der Waals surface area contributed by atoms with Crippen molar-refractivity contribution in [3.63, 3.8) is 0 Å². The molecule has 1 unspecified atom stereocenters. The summed E-state index contributed by atoms with van der Waals surface area (Å²) in [5, 5.41) is 18.0. The van der Waals surface area contributed by atoms with Crippen molar-refractivity contribution in [1.29, 1.82) is 0 Å². The fraction of sp³-hybridized carbons (Fsp3) is 0.643. The minimum absolute atomic E-state index is 0.0386. The van der Waals surface area contributed by atoms with E-state index >= 15 is 0 Å². The van der Waals surface area contributed by atoms with Crippen molar-refractivity contribution in [2.24, 2.45) is 16.3 Å². The summed E-state index contributed by atoms with van der Waals surface area (Å²) in [6.45, 7) is 3.12. The molecule has 0 radical (unpaired) electrons. The number of likely N-dealkylation sites (N-methyl/N-ethyl adjacent to an activating group) is 1. The van der Waals surface area contributed by atoms with Gasteiger partial charge in [-0.3, -0.25) is 19.4 Å². The van der Waals surface area contributed by atoms with Gasteiger partial charge in [0.1, 0.15) is 18.7 Å². The van der Waals surface area contributed by atoms with E-state index in [-0.39, 0.29) is 23.3 Å². The van der Waals surface area contributed by atoms with Crippen molar-refractivity contribution in [2.75, 3.05) is 26.7 Å². The maximum absolute atomic E-state index is 13.8. The van der Waals surface area contributed by atoms with Gasteiger partial charge in [-0.05, 0) is 74.1 Å². The van der Waals surface area contributed by atoms with Crippen LogP contribution in [-0.2, 0) is 17.8 Å². The largest absolute Gasteiger partial charge is 0.861 e. The second-order valence-electron chi connectivity index (χ2n) is 11.2. The van der Waals surface area contributed by atoms with Crippen LogP contribution in [0.2, 0.25) is 5.02 Å². The number of nitrogens with zero attached hydrogens (tertiary/aromatic N) is 6. The summed E-state index contributed by atoms with van der Waals surface area (Å²) in [6, 6.07) is 6.57. The van der Waals surface area contributed by atoms with Gasteiger partial charge in [0.05, 0.1) is 0 Å². The number of rotatable bonds is 8. The van der Waals surface area contributed by atoms with Crippen LogP contribution in [-0.4, -0.2) is 75.1 Å². The second-order valence-corrected chi connectivity index (χ2v) is 11.7. The van der Waals surface area contributed by atoms with Crippen molar-refractivity contribution >= 4 is 23.4 Å². The molecule has 2 atom stereocenters. The first-order valence-corrected chi connectivity index (χ1v) is 14.1. The van der Waals surface area contributed by atoms with E-state index in [1.807, 2.05) is 52.1 Å². The summed E-state index contributed by atoms with van der Waals surface area (Å²) < 4.78 is 1.97. The van der Waals surface area contributed by atoms with Gasteiger partial charge >= 0.3 is 0 Å². The van der Waals surface area contributed by atoms with Crippen LogP contribution in [0.3, 0.4) is 0 Å². The highest BCUT2D eigenvalue weighted by atomic mass is 35.5. The Bertz CT molecular complexity index is 1060. The number of aliphatic imine (C=N–C) groups is 1. The first kappa shape index (κ1) is 26.2. The third-order valence-corrected chi connectivity index (χ3v) is 9.22. The quantitative estimate of drug-likeness (QED) is 0.390. The molecule has 1 aromatic carbocycles. The third kappa shape index (κ3) is 6.01. The van der Waals surface area contributed by atoms with Crippen LogP contribution < -0.4 is 5.11 Å². The van der Waals surface area contributed by atoms with Crippen LogP contribution in [0.5, 0.6) is 0 Å². The van der Waals surface area contributed by atoms with Crippen LogP contribution in [0, 0.1) is 11.3 Å². The molecule has 0 bridgehead atoms. The fourth-order valence-corrected chi connectivity index (χ4v) is 6.66. The molecule has 1 aliphatic carbocycles. The average Bonchev–Trinajstić information content (AvgIpc) is 3.42. The van der Waals surface area contributed by atoms with E-state index in [0.717, 1.165) is 37.9 Å². The van der Waals surface area contributed by atoms with Crippen LogP contribution in [0.25, 0.3) is 0 Å². The van der Waals surface area contributed by atoms with Crippen molar-refractivity contribution in [1.82, 2.24) is 24.6 Å². The number of hydrogen-bond donors (Lipinski definition) is 0. The second kappa shape index (κ2) is 11.5. The summed E-state index contributed by atoms with van der Waals surface area (Å²) in [4.78, 5) is 26.4. The molecular weight excluding hydrogens is 488 g/mol. The van der Waals surface area contributed by atoms with Crippen molar-refractivity contribution in [3.8, 4) is 0 Å². The molecule has 3 aliphatic rings. The zero-order valence-electron chi connectivity index (χ0n) is 21.8. The van der Waals surface area contributed by atoms with E-state index in [9.17, 15) is 9.90 Å². The molecule has 1 amide bonds. The maximum atomic E-state index is 13.8. The molecule has 3 heterocycles. The molecule has 0 spiro atoms. The Hall–Kier alpha value is -2.45. The molecule has 8 nitrogen and oxygen atoms in total. The van der Waals surface area contributed by atoms with Crippen LogP contribution in [0.1, 0.15) is 56.9 Å². The molecule has 3 fully saturated rings. The van der Waals surface area contributed by atoms with E-state index in [2.05, 4.69) is 15.1 Å². The van der Waals surface area contributed by atoms with E-state index in [1.165, 1.54) is 32.1 Å². The number of hydrogen-bond acceptors (Lipinski definition) is 6. The zero-order chi connectivity index (χ0) is 25.8. The molecular formula is C28H38ClN6O2-. The molecule has 37 heavy (non-hydrogen) atoms. The number of carbonyl (C=O) groups is 1. The lowest BCUT2D eigenvalue weighted by atomic mass is 9.63. The van der Waals surface area contributed by atoms with E-state index in [4.69, 9.17) is 11.6 Å². The maximum Gasteiger partial charge on any atom is 0.247 e. The smallest absolute Gasteiger partial charge is 0.247 e. The number of aromatic nitrogens is 3. The number of likely N-dealkylation sites (tertiary alicyclic amines) is 2. The first-order valence-electron chi connectivity index (χ1n) is 13.7. The van der Waals surface area contributed by atoms with Gasteiger partial charge in [-0.25, -0.2) is 4.98 Å². The SMILES string of the molecule is CN1CC[C@@H]1C([O-])=NC(Cc1ccc(Cl)cc1)C(=O)N1CCC(Cn2cncn2)(C2CCCCC2)CC1. The molecule has 0 N–H and O–H groups in total. The van der Waals surface area contributed by atoms with Crippen molar-refractivity contribution in [3.05, 3.63) is 47.5 Å². The van der Waals surface area contributed by atoms with Gasteiger partial charge < -0.3 is 10.0 Å². The van der Waals surface area contributed by atoms with Gasteiger partial charge in [-0.15, -0.1) is 0 Å². The zero-order valence-corrected chi connectivity index (χ0v) is 22.5. The summed E-state index contributed by atoms with van der Waals surface area (Å²) >= 11 is 6.07. The Balaban J connectivity index is 1.32. The molecule has 5 rings (SSSR count). The van der Waals surface area contributed by atoms with Gasteiger partial charge in [-0.1, -0.05) is 43.0 Å². The van der Waals surface area contributed by atoms with E-state index in [1.54, 1.807) is 6.33 Å². The predicted molar refractivity (Wildman–Crippen MR) is 142 cm³/mol. The minimum Gasteiger partial charge on any atom is -0.861 e. The van der Waals surface area contributed by atoms with Crippen molar-refractivity contribution < 1.29 is 9.90 Å². The minimum atomic E-state index is -0.708. The molecule has 2 saturated heterocycles. The number of piperidine rings is 1. The standard InChI is InChI=1S/C28H39ClN6O2/c1-33-14-11-25(33)26(36)32-24(17-21-7-9-23(29)10-8-21)27(37)34-15-12-28(13-16-34,18-35-20-30-19-31-35)22-5-3-2-4-6-22/h7-10,19-20,22,24-25H,2-6,11-18H2,1H3,(H,32,36)/p-1/t24?,25-/m1/s1. The third-order valence-electron chi connectivity index (χ3n) is 8.97. The molecule has 2 aliphatic heterocycles. The van der Waals surface area contributed by atoms with Crippen LogP contribution in [0.4, 0.5) is 0 Å². The lowest BCUT2D eigenvalue weighted by molar-refractivity contribution is -0.228. The first-order chi connectivity index (χ1) is 17.9.